The van der Waals surface area contributed by atoms with Crippen LogP contribution >= 0.6 is 0 Å². The van der Waals surface area contributed by atoms with Crippen LogP contribution in [0.4, 0.5) is 5.69 Å². The second-order valence-corrected chi connectivity index (χ2v) is 7.85. The van der Waals surface area contributed by atoms with Gasteiger partial charge in [-0.15, -0.1) is 0 Å². The van der Waals surface area contributed by atoms with Crippen molar-refractivity contribution in [2.24, 2.45) is 11.0 Å². The molecule has 1 aliphatic rings. The predicted molar refractivity (Wildman–Crippen MR) is 108 cm³/mol. The number of nitrogens with zero attached hydrogens (tertiary/aromatic N) is 2. The Labute approximate surface area is 160 Å². The zero-order valence-corrected chi connectivity index (χ0v) is 16.0. The molecule has 2 aromatic rings. The van der Waals surface area contributed by atoms with E-state index in [1.54, 1.807) is 11.1 Å². The van der Waals surface area contributed by atoms with E-state index in [1.807, 2.05) is 42.5 Å². The van der Waals surface area contributed by atoms with E-state index in [4.69, 9.17) is 0 Å². The Morgan fingerprint density at radius 1 is 1.11 bits per heavy atom. The first kappa shape index (κ1) is 18.8. The summed E-state index contributed by atoms with van der Waals surface area (Å²) in [6, 6.07) is 17.5. The molecule has 27 heavy (non-hydrogen) atoms. The molecule has 0 unspecified atom stereocenters. The number of carbonyl (C=O) groups excluding carboxylic acids is 2. The van der Waals surface area contributed by atoms with Crippen LogP contribution in [0.2, 0.25) is 0 Å². The van der Waals surface area contributed by atoms with E-state index in [0.29, 0.717) is 6.54 Å². The summed E-state index contributed by atoms with van der Waals surface area (Å²) in [6.07, 6.45) is 1.83. The smallest absolute Gasteiger partial charge is 0.245 e. The highest BCUT2D eigenvalue weighted by Gasteiger charge is 2.34. The van der Waals surface area contributed by atoms with E-state index in [2.05, 4.69) is 43.4 Å². The van der Waals surface area contributed by atoms with Crippen LogP contribution in [0.15, 0.2) is 59.7 Å². The fourth-order valence-electron chi connectivity index (χ4n) is 3.07. The molecule has 1 aliphatic heterocycles. The third-order valence-electron chi connectivity index (χ3n) is 4.73. The van der Waals surface area contributed by atoms with E-state index in [1.165, 1.54) is 5.56 Å². The predicted octanol–water partition coefficient (Wildman–Crippen LogP) is 3.49. The van der Waals surface area contributed by atoms with Gasteiger partial charge < -0.3 is 4.90 Å². The molecule has 1 atom stereocenters. The molecule has 5 heteroatoms. The summed E-state index contributed by atoms with van der Waals surface area (Å²) in [5, 5.41) is 4.05. The molecule has 1 heterocycles. The number of hydrogen-bond acceptors (Lipinski definition) is 3. The minimum absolute atomic E-state index is 0.0388. The Kier molecular flexibility index (Phi) is 5.40. The molecule has 3 rings (SSSR count). The zero-order chi connectivity index (χ0) is 19.4. The van der Waals surface area contributed by atoms with Gasteiger partial charge in [0.1, 0.15) is 0 Å². The highest BCUT2D eigenvalue weighted by atomic mass is 16.2. The van der Waals surface area contributed by atoms with Crippen molar-refractivity contribution in [3.05, 3.63) is 65.7 Å². The maximum atomic E-state index is 12.3. The molecule has 2 aromatic carbocycles. The third-order valence-corrected chi connectivity index (χ3v) is 4.73. The Balaban J connectivity index is 1.57. The minimum Gasteiger partial charge on any atom is -0.312 e. The maximum absolute atomic E-state index is 12.3. The molecule has 2 amide bonds. The summed E-state index contributed by atoms with van der Waals surface area (Å²) in [4.78, 5) is 26.2. The quantitative estimate of drug-likeness (QED) is 0.668. The van der Waals surface area contributed by atoms with Gasteiger partial charge in [-0.25, -0.2) is 5.43 Å². The summed E-state index contributed by atoms with van der Waals surface area (Å²) in [5.74, 6) is -0.662. The molecule has 0 spiro atoms. The summed E-state index contributed by atoms with van der Waals surface area (Å²) >= 11 is 0. The first-order chi connectivity index (χ1) is 12.8. The van der Waals surface area contributed by atoms with Crippen molar-refractivity contribution in [1.29, 1.82) is 0 Å². The fourth-order valence-corrected chi connectivity index (χ4v) is 3.07. The topological polar surface area (TPSA) is 61.8 Å². The lowest BCUT2D eigenvalue weighted by molar-refractivity contribution is -0.126. The Morgan fingerprint density at radius 3 is 2.41 bits per heavy atom. The number of hydrazone groups is 1. The number of nitrogens with one attached hydrogen (secondary N) is 1. The number of hydrogen-bond donors (Lipinski definition) is 1. The van der Waals surface area contributed by atoms with E-state index in [0.717, 1.165) is 11.3 Å². The Morgan fingerprint density at radius 2 is 1.78 bits per heavy atom. The molecule has 140 valence electrons. The molecule has 0 bridgehead atoms. The van der Waals surface area contributed by atoms with Crippen LogP contribution in [0.1, 0.15) is 38.3 Å². The number of benzene rings is 2. The summed E-state index contributed by atoms with van der Waals surface area (Å²) in [6.45, 7) is 6.87. The number of amides is 2. The average Bonchev–Trinajstić information content (AvgIpc) is 3.04. The van der Waals surface area contributed by atoms with Gasteiger partial charge in [-0.1, -0.05) is 63.2 Å². The maximum Gasteiger partial charge on any atom is 0.245 e. The van der Waals surface area contributed by atoms with Gasteiger partial charge in [0.05, 0.1) is 12.1 Å². The van der Waals surface area contributed by atoms with E-state index >= 15 is 0 Å². The van der Waals surface area contributed by atoms with Crippen molar-refractivity contribution in [3.8, 4) is 0 Å². The van der Waals surface area contributed by atoms with Gasteiger partial charge in [-0.3, -0.25) is 9.59 Å². The first-order valence-corrected chi connectivity index (χ1v) is 9.13. The molecular formula is C22H25N3O2. The monoisotopic (exact) mass is 363 g/mol. The van der Waals surface area contributed by atoms with Gasteiger partial charge >= 0.3 is 0 Å². The number of anilines is 1. The average molecular weight is 363 g/mol. The Bertz CT molecular complexity index is 836. The van der Waals surface area contributed by atoms with E-state index in [-0.39, 0.29) is 23.7 Å². The number of carbonyl (C=O) groups is 2. The molecule has 5 nitrogen and oxygen atoms in total. The van der Waals surface area contributed by atoms with Crippen LogP contribution in [-0.2, 0) is 15.0 Å². The van der Waals surface area contributed by atoms with Gasteiger partial charge in [-0.05, 0) is 28.7 Å². The van der Waals surface area contributed by atoms with E-state index < -0.39 is 5.92 Å². The minimum atomic E-state index is -0.391. The normalized spacial score (nSPS) is 17.5. The molecule has 1 N–H and O–H groups in total. The SMILES string of the molecule is CC(C)(C)c1ccc(/C=N\NC(=O)[C@H]2CC(=O)N(c3ccccc3)C2)cc1. The number of rotatable bonds is 4. The highest BCUT2D eigenvalue weighted by Crippen LogP contribution is 2.25. The van der Waals surface area contributed by atoms with Crippen molar-refractivity contribution < 1.29 is 9.59 Å². The van der Waals surface area contributed by atoms with Gasteiger partial charge in [0.25, 0.3) is 0 Å². The van der Waals surface area contributed by atoms with Gasteiger partial charge in [0, 0.05) is 18.7 Å². The largest absolute Gasteiger partial charge is 0.312 e. The molecular weight excluding hydrogens is 338 g/mol. The van der Waals surface area contributed by atoms with Crippen LogP contribution in [0, 0.1) is 5.92 Å². The molecule has 0 saturated carbocycles. The third kappa shape index (κ3) is 4.61. The summed E-state index contributed by atoms with van der Waals surface area (Å²) < 4.78 is 0. The van der Waals surface area contributed by atoms with Crippen LogP contribution in [0.25, 0.3) is 0 Å². The summed E-state index contributed by atoms with van der Waals surface area (Å²) in [5.41, 5.74) is 5.64. The molecule has 1 saturated heterocycles. The zero-order valence-electron chi connectivity index (χ0n) is 16.0. The lowest BCUT2D eigenvalue weighted by Gasteiger charge is -2.18. The van der Waals surface area contributed by atoms with Crippen molar-refractivity contribution in [3.63, 3.8) is 0 Å². The first-order valence-electron chi connectivity index (χ1n) is 9.13. The van der Waals surface area contributed by atoms with Gasteiger partial charge in [0.2, 0.25) is 11.8 Å². The standard InChI is InChI=1S/C22H25N3O2/c1-22(2,3)18-11-9-16(10-12-18)14-23-24-21(27)17-13-20(26)25(15-17)19-7-5-4-6-8-19/h4-12,14,17H,13,15H2,1-3H3,(H,24,27)/b23-14-/t17-/m0/s1. The second-order valence-electron chi connectivity index (χ2n) is 7.85. The van der Waals surface area contributed by atoms with Gasteiger partial charge in [-0.2, -0.15) is 5.10 Å². The van der Waals surface area contributed by atoms with Crippen LogP contribution < -0.4 is 10.3 Å². The van der Waals surface area contributed by atoms with Crippen molar-refractivity contribution in [1.82, 2.24) is 5.43 Å². The van der Waals surface area contributed by atoms with Crippen molar-refractivity contribution in [2.75, 3.05) is 11.4 Å². The van der Waals surface area contributed by atoms with E-state index in [9.17, 15) is 9.59 Å². The lowest BCUT2D eigenvalue weighted by atomic mass is 9.87. The molecule has 0 aliphatic carbocycles. The molecule has 0 aromatic heterocycles. The van der Waals surface area contributed by atoms with Crippen LogP contribution in [-0.4, -0.2) is 24.6 Å². The van der Waals surface area contributed by atoms with Gasteiger partial charge in [0.15, 0.2) is 0 Å². The molecule has 0 radical (unpaired) electrons. The number of para-hydroxylation sites is 1. The second kappa shape index (κ2) is 7.74. The Hall–Kier alpha value is -2.95. The molecule has 1 fully saturated rings. The van der Waals surface area contributed by atoms with Crippen molar-refractivity contribution >= 4 is 23.7 Å². The fraction of sp³-hybridized carbons (Fsp3) is 0.318. The summed E-state index contributed by atoms with van der Waals surface area (Å²) in [7, 11) is 0. The van der Waals surface area contributed by atoms with Crippen LogP contribution in [0.5, 0.6) is 0 Å². The van der Waals surface area contributed by atoms with Crippen LogP contribution in [0.3, 0.4) is 0 Å². The highest BCUT2D eigenvalue weighted by molar-refractivity contribution is 6.00. The van der Waals surface area contributed by atoms with Crippen molar-refractivity contribution in [2.45, 2.75) is 32.6 Å². The lowest BCUT2D eigenvalue weighted by Crippen LogP contribution is -2.30.